The van der Waals surface area contributed by atoms with Gasteiger partial charge in [0.1, 0.15) is 28.8 Å². The normalized spacial score (nSPS) is 18.0. The molecule has 6 amide bonds. The number of hydrogen-bond acceptors (Lipinski definition) is 9. The lowest BCUT2D eigenvalue weighted by atomic mass is 9.71. The highest BCUT2D eigenvalue weighted by molar-refractivity contribution is 5.94. The molecule has 57 heavy (non-hydrogen) atoms. The first kappa shape index (κ1) is 49.2. The fourth-order valence-corrected chi connectivity index (χ4v) is 7.86. The van der Waals surface area contributed by atoms with Crippen LogP contribution in [0.2, 0.25) is 0 Å². The molecule has 0 aromatic rings. The van der Waals surface area contributed by atoms with Gasteiger partial charge in [0, 0.05) is 25.9 Å². The third-order valence-corrected chi connectivity index (χ3v) is 11.2. The first-order chi connectivity index (χ1) is 26.3. The van der Waals surface area contributed by atoms with Crippen LogP contribution in [0.4, 0.5) is 4.79 Å². The highest BCUT2D eigenvalue weighted by atomic mass is 16.6. The standard InChI is InChI=1S/C42H74N6O9/c1-27(2)31(33(51)43-25-42(21-17-14-18-22-42)24-30(50)48-40(10,11)36(54)56-12)45-35(53)39(8,9)47-29(49)23-41(19-15-13-16-20-41)26-44-34(52)32(28(3)4)46-37(55)57-38(5,6)7/h27-28,31-32H,13-26H2,1-12H3,(H,43,51)(H,44,52)(H,45,53)(H,46,55)(H,47,49)(H,48,50)/t31-,32-/m0/s1. The first-order valence-corrected chi connectivity index (χ1v) is 20.8. The molecule has 0 aromatic heterocycles. The third-order valence-electron chi connectivity index (χ3n) is 11.2. The second-order valence-corrected chi connectivity index (χ2v) is 19.3. The molecule has 2 atom stereocenters. The number of methoxy groups -OCH3 is 1. The predicted molar refractivity (Wildman–Crippen MR) is 218 cm³/mol. The van der Waals surface area contributed by atoms with Crippen molar-refractivity contribution in [1.29, 1.82) is 0 Å². The van der Waals surface area contributed by atoms with Crippen LogP contribution in [0.1, 0.15) is 153 Å². The third kappa shape index (κ3) is 15.8. The minimum atomic E-state index is -1.38. The molecule has 2 saturated carbocycles. The number of carbonyl (C=O) groups excluding carboxylic acids is 7. The predicted octanol–water partition coefficient (Wildman–Crippen LogP) is 4.55. The van der Waals surface area contributed by atoms with Crippen LogP contribution in [-0.4, -0.2) is 90.6 Å². The average Bonchev–Trinajstić information content (AvgIpc) is 3.09. The Morgan fingerprint density at radius 1 is 0.579 bits per heavy atom. The van der Waals surface area contributed by atoms with Gasteiger partial charge in [-0.15, -0.1) is 0 Å². The fourth-order valence-electron chi connectivity index (χ4n) is 7.86. The van der Waals surface area contributed by atoms with Crippen molar-refractivity contribution in [2.24, 2.45) is 22.7 Å². The summed E-state index contributed by atoms with van der Waals surface area (Å²) in [6.07, 6.45) is 8.01. The van der Waals surface area contributed by atoms with E-state index in [-0.39, 0.29) is 55.5 Å². The van der Waals surface area contributed by atoms with Gasteiger partial charge in [0.25, 0.3) is 0 Å². The SMILES string of the molecule is COC(=O)C(C)(C)NC(=O)CC1(CNC(=O)[C@@H](NC(=O)C(C)(C)NC(=O)CC2(CNC(=O)[C@@H](NC(=O)OC(C)(C)C)C(C)C)CCCCC2)C(C)C)CCCCC1. The highest BCUT2D eigenvalue weighted by Crippen LogP contribution is 2.40. The van der Waals surface area contributed by atoms with Crippen molar-refractivity contribution in [3.05, 3.63) is 0 Å². The summed E-state index contributed by atoms with van der Waals surface area (Å²) in [6, 6.07) is -1.74. The molecule has 15 heteroatoms. The second-order valence-electron chi connectivity index (χ2n) is 19.3. The number of esters is 1. The number of rotatable bonds is 18. The van der Waals surface area contributed by atoms with E-state index in [4.69, 9.17) is 9.47 Å². The molecule has 0 unspecified atom stereocenters. The molecule has 0 saturated heterocycles. The summed E-state index contributed by atoms with van der Waals surface area (Å²) in [5, 5.41) is 17.2. The molecular weight excluding hydrogens is 732 g/mol. The largest absolute Gasteiger partial charge is 0.467 e. The Hall–Kier alpha value is -3.91. The zero-order chi connectivity index (χ0) is 43.4. The zero-order valence-corrected chi connectivity index (χ0v) is 36.9. The van der Waals surface area contributed by atoms with Crippen molar-refractivity contribution in [2.45, 2.75) is 182 Å². The molecule has 326 valence electrons. The highest BCUT2D eigenvalue weighted by Gasteiger charge is 2.41. The molecule has 0 heterocycles. The lowest BCUT2D eigenvalue weighted by Crippen LogP contribution is -2.61. The Kier molecular flexibility index (Phi) is 17.9. The molecule has 2 fully saturated rings. The molecule has 0 bridgehead atoms. The van der Waals surface area contributed by atoms with Crippen LogP contribution < -0.4 is 31.9 Å². The van der Waals surface area contributed by atoms with E-state index in [9.17, 15) is 33.6 Å². The maximum Gasteiger partial charge on any atom is 0.408 e. The Labute approximate surface area is 340 Å². The van der Waals surface area contributed by atoms with Crippen LogP contribution in [0.3, 0.4) is 0 Å². The van der Waals surface area contributed by atoms with E-state index in [0.29, 0.717) is 12.8 Å². The lowest BCUT2D eigenvalue weighted by molar-refractivity contribution is -0.149. The molecule has 2 aliphatic carbocycles. The van der Waals surface area contributed by atoms with Crippen molar-refractivity contribution in [2.75, 3.05) is 20.2 Å². The molecular formula is C42H74N6O9. The zero-order valence-electron chi connectivity index (χ0n) is 36.9. The Balaban J connectivity index is 2.09. The average molecular weight is 807 g/mol. The molecule has 0 aliphatic heterocycles. The maximum absolute atomic E-state index is 13.7. The molecule has 6 N–H and O–H groups in total. The molecule has 0 aromatic carbocycles. The monoisotopic (exact) mass is 807 g/mol. The van der Waals surface area contributed by atoms with E-state index in [2.05, 4.69) is 31.9 Å². The number of alkyl carbamates (subject to hydrolysis) is 1. The van der Waals surface area contributed by atoms with E-state index in [1.807, 2.05) is 27.7 Å². The van der Waals surface area contributed by atoms with Crippen LogP contribution in [0.5, 0.6) is 0 Å². The summed E-state index contributed by atoms with van der Waals surface area (Å²) >= 11 is 0. The van der Waals surface area contributed by atoms with Crippen LogP contribution >= 0.6 is 0 Å². The van der Waals surface area contributed by atoms with E-state index in [1.165, 1.54) is 7.11 Å². The quantitative estimate of drug-likeness (QED) is 0.107. The molecule has 2 aliphatic rings. The van der Waals surface area contributed by atoms with E-state index in [0.717, 1.165) is 51.4 Å². The van der Waals surface area contributed by atoms with Crippen molar-refractivity contribution in [1.82, 2.24) is 31.9 Å². The van der Waals surface area contributed by atoms with Gasteiger partial charge in [0.15, 0.2) is 0 Å². The van der Waals surface area contributed by atoms with Crippen LogP contribution in [0.25, 0.3) is 0 Å². The summed E-state index contributed by atoms with van der Waals surface area (Å²) in [4.78, 5) is 92.3. The fraction of sp³-hybridized carbons (Fsp3) is 0.833. The smallest absolute Gasteiger partial charge is 0.408 e. The molecule has 0 spiro atoms. The van der Waals surface area contributed by atoms with Gasteiger partial charge in [-0.05, 0) is 96.8 Å². The first-order valence-electron chi connectivity index (χ1n) is 20.8. The second kappa shape index (κ2) is 20.7. The number of nitrogens with one attached hydrogen (secondary N) is 6. The van der Waals surface area contributed by atoms with Gasteiger partial charge in [-0.2, -0.15) is 0 Å². The van der Waals surface area contributed by atoms with Crippen molar-refractivity contribution < 1.29 is 43.0 Å². The van der Waals surface area contributed by atoms with Gasteiger partial charge < -0.3 is 41.4 Å². The van der Waals surface area contributed by atoms with Gasteiger partial charge in [-0.3, -0.25) is 24.0 Å². The number of ether oxygens (including phenoxy) is 2. The van der Waals surface area contributed by atoms with E-state index >= 15 is 0 Å². The van der Waals surface area contributed by atoms with E-state index in [1.54, 1.807) is 48.5 Å². The van der Waals surface area contributed by atoms with Crippen LogP contribution in [0.15, 0.2) is 0 Å². The van der Waals surface area contributed by atoms with Crippen molar-refractivity contribution in [3.63, 3.8) is 0 Å². The van der Waals surface area contributed by atoms with Gasteiger partial charge in [0.2, 0.25) is 29.5 Å². The lowest BCUT2D eigenvalue weighted by Gasteiger charge is -2.39. The minimum Gasteiger partial charge on any atom is -0.467 e. The van der Waals surface area contributed by atoms with Crippen LogP contribution in [0, 0.1) is 22.7 Å². The minimum absolute atomic E-state index is 0.0798. The summed E-state index contributed by atoms with van der Waals surface area (Å²) in [5.74, 6) is -3.00. The van der Waals surface area contributed by atoms with Gasteiger partial charge in [0.05, 0.1) is 7.11 Å². The number of hydrogen-bond donors (Lipinski definition) is 6. The molecule has 15 nitrogen and oxygen atoms in total. The van der Waals surface area contributed by atoms with Crippen molar-refractivity contribution >= 4 is 41.6 Å². The summed E-state index contributed by atoms with van der Waals surface area (Å²) < 4.78 is 10.2. The Morgan fingerprint density at radius 3 is 1.33 bits per heavy atom. The molecule has 2 rings (SSSR count). The maximum atomic E-state index is 13.7. The van der Waals surface area contributed by atoms with Crippen LogP contribution in [-0.2, 0) is 38.2 Å². The van der Waals surface area contributed by atoms with Crippen molar-refractivity contribution in [3.8, 4) is 0 Å². The van der Waals surface area contributed by atoms with Gasteiger partial charge in [-0.25, -0.2) is 9.59 Å². The summed E-state index contributed by atoms with van der Waals surface area (Å²) in [5.41, 5.74) is -4.35. The summed E-state index contributed by atoms with van der Waals surface area (Å²) in [7, 11) is 1.27. The Bertz CT molecular complexity index is 1420. The number of amides is 6. The Morgan fingerprint density at radius 2 is 0.965 bits per heavy atom. The van der Waals surface area contributed by atoms with Gasteiger partial charge >= 0.3 is 12.1 Å². The van der Waals surface area contributed by atoms with E-state index < -0.39 is 63.5 Å². The number of carbonyl (C=O) groups is 7. The summed E-state index contributed by atoms with van der Waals surface area (Å²) in [6.45, 7) is 19.3. The topological polar surface area (TPSA) is 210 Å². The molecule has 0 radical (unpaired) electrons. The van der Waals surface area contributed by atoms with Gasteiger partial charge in [-0.1, -0.05) is 66.2 Å².